The third kappa shape index (κ3) is 2.46. The summed E-state index contributed by atoms with van der Waals surface area (Å²) in [6.07, 6.45) is -4.24. The van der Waals surface area contributed by atoms with Crippen molar-refractivity contribution >= 4 is 23.2 Å². The van der Waals surface area contributed by atoms with Crippen LogP contribution < -0.4 is 5.32 Å². The Labute approximate surface area is 122 Å². The summed E-state index contributed by atoms with van der Waals surface area (Å²) in [4.78, 5) is 19.4. The van der Waals surface area contributed by atoms with Crippen molar-refractivity contribution in [1.82, 2.24) is 9.97 Å². The Bertz CT molecular complexity index is 600. The van der Waals surface area contributed by atoms with E-state index in [1.807, 2.05) is 0 Å². The van der Waals surface area contributed by atoms with E-state index >= 15 is 0 Å². The van der Waals surface area contributed by atoms with Gasteiger partial charge in [-0.1, -0.05) is 0 Å². The second-order valence-corrected chi connectivity index (χ2v) is 5.42. The number of hydrogen-bond donors (Lipinski definition) is 1. The van der Waals surface area contributed by atoms with Gasteiger partial charge >= 0.3 is 6.18 Å². The van der Waals surface area contributed by atoms with Crippen molar-refractivity contribution in [3.63, 3.8) is 0 Å². The summed E-state index contributed by atoms with van der Waals surface area (Å²) in [5, 5.41) is 2.36. The predicted octanol–water partition coefficient (Wildman–Crippen LogP) is 2.24. The lowest BCUT2D eigenvalue weighted by molar-refractivity contribution is -0.142. The first-order valence-corrected chi connectivity index (χ1v) is 6.72. The molecule has 9 heteroatoms. The molecule has 1 aromatic rings. The predicted molar refractivity (Wildman–Crippen MR) is 67.2 cm³/mol. The third-order valence-electron chi connectivity index (χ3n) is 3.82. The number of anilines is 1. The molecule has 21 heavy (non-hydrogen) atoms. The van der Waals surface area contributed by atoms with Gasteiger partial charge in [0.05, 0.1) is 0 Å². The maximum atomic E-state index is 13.0. The van der Waals surface area contributed by atoms with Crippen molar-refractivity contribution in [1.29, 1.82) is 0 Å². The summed E-state index contributed by atoms with van der Waals surface area (Å²) in [7, 11) is 0. The summed E-state index contributed by atoms with van der Waals surface area (Å²) in [5.74, 6) is -0.307. The smallest absolute Gasteiger partial charge is 0.381 e. The van der Waals surface area contributed by atoms with E-state index in [4.69, 9.17) is 16.3 Å². The van der Waals surface area contributed by atoms with E-state index < -0.39 is 22.7 Å². The zero-order valence-electron chi connectivity index (χ0n) is 10.8. The molecule has 2 aliphatic heterocycles. The van der Waals surface area contributed by atoms with Gasteiger partial charge in [-0.15, -0.1) is 0 Å². The van der Waals surface area contributed by atoms with Crippen LogP contribution in [-0.4, -0.2) is 34.5 Å². The molecule has 3 heterocycles. The number of fused-ring (bicyclic) bond motifs is 1. The summed E-state index contributed by atoms with van der Waals surface area (Å²) in [6.45, 7) is 0.748. The van der Waals surface area contributed by atoms with Crippen molar-refractivity contribution in [3.05, 3.63) is 16.5 Å². The van der Waals surface area contributed by atoms with Crippen molar-refractivity contribution in [2.45, 2.75) is 31.0 Å². The Morgan fingerprint density at radius 1 is 1.24 bits per heavy atom. The summed E-state index contributed by atoms with van der Waals surface area (Å²) >= 11 is 5.58. The molecule has 1 N–H and O–H groups in total. The van der Waals surface area contributed by atoms with E-state index in [1.54, 1.807) is 0 Å². The van der Waals surface area contributed by atoms with Crippen LogP contribution in [0.1, 0.15) is 24.1 Å². The van der Waals surface area contributed by atoms with Crippen molar-refractivity contribution in [2.24, 2.45) is 0 Å². The van der Waals surface area contributed by atoms with E-state index in [2.05, 4.69) is 15.3 Å². The van der Waals surface area contributed by atoms with Gasteiger partial charge in [-0.25, -0.2) is 9.97 Å². The lowest BCUT2D eigenvalue weighted by Crippen LogP contribution is -2.54. The monoisotopic (exact) mass is 321 g/mol. The van der Waals surface area contributed by atoms with Crippen LogP contribution >= 0.6 is 11.6 Å². The number of halogens is 4. The second-order valence-electron chi connectivity index (χ2n) is 5.09. The van der Waals surface area contributed by atoms with Crippen LogP contribution in [0.5, 0.6) is 0 Å². The Hall–Kier alpha value is -1.41. The van der Waals surface area contributed by atoms with Gasteiger partial charge in [0.1, 0.15) is 11.4 Å². The number of nitrogens with one attached hydrogen (secondary N) is 1. The molecule has 1 fully saturated rings. The van der Waals surface area contributed by atoms with Crippen LogP contribution in [0.25, 0.3) is 0 Å². The Morgan fingerprint density at radius 3 is 2.52 bits per heavy atom. The Kier molecular flexibility index (Phi) is 3.32. The molecule has 0 bridgehead atoms. The molecule has 5 nitrogen and oxygen atoms in total. The zero-order chi connectivity index (χ0) is 15.3. The first kappa shape index (κ1) is 14.5. The number of carbonyl (C=O) groups is 1. The minimum atomic E-state index is -4.68. The highest BCUT2D eigenvalue weighted by Crippen LogP contribution is 2.40. The number of carbonyl (C=O) groups excluding carboxylic acids is 1. The molecule has 0 radical (unpaired) electrons. The minimum absolute atomic E-state index is 0.0103. The van der Waals surface area contributed by atoms with Crippen LogP contribution in [0.2, 0.25) is 5.28 Å². The van der Waals surface area contributed by atoms with Gasteiger partial charge in [0.25, 0.3) is 0 Å². The van der Waals surface area contributed by atoms with Gasteiger partial charge < -0.3 is 10.1 Å². The summed E-state index contributed by atoms with van der Waals surface area (Å²) < 4.78 is 44.2. The van der Waals surface area contributed by atoms with Crippen LogP contribution in [0.15, 0.2) is 0 Å². The molecule has 0 atom stereocenters. The molecule has 0 unspecified atom stereocenters. The third-order valence-corrected chi connectivity index (χ3v) is 3.99. The molecule has 1 spiro atoms. The Balaban J connectivity index is 2.08. The average molecular weight is 322 g/mol. The first-order valence-electron chi connectivity index (χ1n) is 6.35. The molecule has 1 saturated heterocycles. The molecule has 0 aliphatic carbocycles. The normalized spacial score (nSPS) is 21.0. The van der Waals surface area contributed by atoms with Gasteiger partial charge in [-0.05, 0) is 11.6 Å². The maximum absolute atomic E-state index is 13.0. The second kappa shape index (κ2) is 4.81. The molecule has 0 aromatic carbocycles. The van der Waals surface area contributed by atoms with Gasteiger partial charge in [0, 0.05) is 38.0 Å². The highest BCUT2D eigenvalue weighted by molar-refractivity contribution is 6.28. The highest BCUT2D eigenvalue weighted by Gasteiger charge is 2.47. The van der Waals surface area contributed by atoms with Gasteiger partial charge in [0.2, 0.25) is 5.28 Å². The molecule has 1 aromatic heterocycles. The molecular weight excluding hydrogens is 311 g/mol. The average Bonchev–Trinajstić information content (AvgIpc) is 2.40. The zero-order valence-corrected chi connectivity index (χ0v) is 11.5. The summed E-state index contributed by atoms with van der Waals surface area (Å²) in [6, 6.07) is 0. The van der Waals surface area contributed by atoms with Crippen LogP contribution in [0.3, 0.4) is 0 Å². The highest BCUT2D eigenvalue weighted by atomic mass is 35.5. The van der Waals surface area contributed by atoms with Gasteiger partial charge in [-0.3, -0.25) is 4.79 Å². The SMILES string of the molecule is O=C1Cc2c(nc(Cl)nc2C(F)(F)F)NC12CCOCC2. The fourth-order valence-electron chi connectivity index (χ4n) is 2.71. The number of hydrogen-bond acceptors (Lipinski definition) is 5. The number of Topliss-reactive ketones (excluding diaryl/α,β-unsaturated/α-hetero) is 1. The fraction of sp³-hybridized carbons (Fsp3) is 0.583. The van der Waals surface area contributed by atoms with E-state index in [0.29, 0.717) is 26.1 Å². The van der Waals surface area contributed by atoms with Gasteiger partial charge in [0.15, 0.2) is 11.5 Å². The molecular formula is C12H11ClF3N3O2. The first-order chi connectivity index (χ1) is 9.82. The number of aromatic nitrogens is 2. The molecule has 0 saturated carbocycles. The van der Waals surface area contributed by atoms with Crippen molar-refractivity contribution in [2.75, 3.05) is 18.5 Å². The lowest BCUT2D eigenvalue weighted by atomic mass is 9.80. The van der Waals surface area contributed by atoms with E-state index in [0.717, 1.165) is 0 Å². The summed E-state index contributed by atoms with van der Waals surface area (Å²) in [5.41, 5.74) is -2.31. The topological polar surface area (TPSA) is 64.1 Å². The van der Waals surface area contributed by atoms with Crippen LogP contribution in [0, 0.1) is 0 Å². The lowest BCUT2D eigenvalue weighted by Gasteiger charge is -2.40. The Morgan fingerprint density at radius 2 is 1.90 bits per heavy atom. The quantitative estimate of drug-likeness (QED) is 0.742. The van der Waals surface area contributed by atoms with Crippen molar-refractivity contribution < 1.29 is 22.7 Å². The number of ether oxygens (including phenoxy) is 1. The van der Waals surface area contributed by atoms with E-state index in [9.17, 15) is 18.0 Å². The molecule has 114 valence electrons. The fourth-order valence-corrected chi connectivity index (χ4v) is 2.88. The minimum Gasteiger partial charge on any atom is -0.381 e. The van der Waals surface area contributed by atoms with Gasteiger partial charge in [-0.2, -0.15) is 13.2 Å². The number of rotatable bonds is 0. The molecule has 3 rings (SSSR count). The number of ketones is 1. The van der Waals surface area contributed by atoms with E-state index in [1.165, 1.54) is 0 Å². The van der Waals surface area contributed by atoms with E-state index in [-0.39, 0.29) is 23.6 Å². The number of nitrogens with zero attached hydrogens (tertiary/aromatic N) is 2. The largest absolute Gasteiger partial charge is 0.433 e. The standard InChI is InChI=1S/C12H11ClF3N3O2/c13-10-17-8(12(14,15)16)6-5-7(20)11(19-9(6)18-10)1-3-21-4-2-11/h1-5H2,(H,17,18,19). The van der Waals surface area contributed by atoms with Crippen LogP contribution in [0.4, 0.5) is 19.0 Å². The molecule has 2 aliphatic rings. The van der Waals surface area contributed by atoms with Crippen molar-refractivity contribution in [3.8, 4) is 0 Å². The van der Waals surface area contributed by atoms with Crippen LogP contribution in [-0.2, 0) is 22.1 Å². The number of alkyl halides is 3. The molecule has 0 amide bonds. The maximum Gasteiger partial charge on any atom is 0.433 e.